The second-order valence-corrected chi connectivity index (χ2v) is 5.30. The highest BCUT2D eigenvalue weighted by Gasteiger charge is 2.42. The number of pyridine rings is 1. The Bertz CT molecular complexity index is 353. The summed E-state index contributed by atoms with van der Waals surface area (Å²) in [6, 6.07) is 5.07. The first-order valence-electron chi connectivity index (χ1n) is 6.11. The highest BCUT2D eigenvalue weighted by atomic mass is 16.3. The number of hydrogen-bond donors (Lipinski definition) is 2. The van der Waals surface area contributed by atoms with Gasteiger partial charge in [-0.05, 0) is 43.4 Å². The average molecular weight is 218 g/mol. The molecule has 2 bridgehead atoms. The summed E-state index contributed by atoms with van der Waals surface area (Å²) in [5.74, 6) is 0. The fourth-order valence-electron chi connectivity index (χ4n) is 3.25. The smallest absolute Gasteiger partial charge is 0.0717 e. The minimum absolute atomic E-state index is 0.502. The predicted molar refractivity (Wildman–Crippen MR) is 62.1 cm³/mol. The Labute approximate surface area is 95.9 Å². The van der Waals surface area contributed by atoms with Crippen molar-refractivity contribution in [3.8, 4) is 0 Å². The van der Waals surface area contributed by atoms with Gasteiger partial charge in [0, 0.05) is 30.9 Å². The van der Waals surface area contributed by atoms with Crippen molar-refractivity contribution in [2.45, 2.75) is 49.8 Å². The third-order valence-corrected chi connectivity index (χ3v) is 3.87. The lowest BCUT2D eigenvalue weighted by molar-refractivity contribution is -0.00609. The molecule has 0 amide bonds. The third-order valence-electron chi connectivity index (χ3n) is 3.87. The molecule has 0 saturated carbocycles. The monoisotopic (exact) mass is 218 g/mol. The lowest BCUT2D eigenvalue weighted by atomic mass is 9.82. The maximum absolute atomic E-state index is 10.6. The quantitative estimate of drug-likeness (QED) is 0.785. The molecule has 2 aliphatic heterocycles. The number of aromatic nitrogens is 1. The molecule has 3 rings (SSSR count). The van der Waals surface area contributed by atoms with E-state index in [1.807, 2.05) is 12.1 Å². The van der Waals surface area contributed by atoms with E-state index in [1.165, 1.54) is 18.4 Å². The predicted octanol–water partition coefficient (Wildman–Crippen LogP) is 1.27. The summed E-state index contributed by atoms with van der Waals surface area (Å²) in [6.45, 7) is 0. The lowest BCUT2D eigenvalue weighted by Crippen LogP contribution is -2.49. The maximum atomic E-state index is 10.6. The molecular formula is C13H18N2O. The van der Waals surface area contributed by atoms with Gasteiger partial charge in [0.1, 0.15) is 0 Å². The number of hydrogen-bond acceptors (Lipinski definition) is 3. The summed E-state index contributed by atoms with van der Waals surface area (Å²) in [7, 11) is 0. The Morgan fingerprint density at radius 2 is 1.88 bits per heavy atom. The SMILES string of the molecule is OC1(Cc2ccncc2)CC2CCC(C1)N2. The number of piperidine rings is 1. The zero-order valence-electron chi connectivity index (χ0n) is 9.39. The third kappa shape index (κ3) is 1.97. The number of nitrogens with one attached hydrogen (secondary N) is 1. The minimum atomic E-state index is -0.502. The number of aliphatic hydroxyl groups is 1. The van der Waals surface area contributed by atoms with Crippen molar-refractivity contribution >= 4 is 0 Å². The second-order valence-electron chi connectivity index (χ2n) is 5.30. The number of fused-ring (bicyclic) bond motifs is 2. The summed E-state index contributed by atoms with van der Waals surface area (Å²) in [6.07, 6.45) is 8.61. The van der Waals surface area contributed by atoms with Gasteiger partial charge in [-0.15, -0.1) is 0 Å². The van der Waals surface area contributed by atoms with E-state index in [0.29, 0.717) is 12.1 Å². The highest BCUT2D eigenvalue weighted by molar-refractivity contribution is 5.15. The molecule has 2 aliphatic rings. The van der Waals surface area contributed by atoms with Gasteiger partial charge in [-0.25, -0.2) is 0 Å². The fraction of sp³-hybridized carbons (Fsp3) is 0.615. The molecular weight excluding hydrogens is 200 g/mol. The molecule has 3 nitrogen and oxygen atoms in total. The summed E-state index contributed by atoms with van der Waals surface area (Å²) in [4.78, 5) is 4.01. The van der Waals surface area contributed by atoms with Crippen LogP contribution in [0.4, 0.5) is 0 Å². The summed E-state index contributed by atoms with van der Waals surface area (Å²) in [5, 5.41) is 14.2. The second kappa shape index (κ2) is 3.82. The Morgan fingerprint density at radius 3 is 2.50 bits per heavy atom. The van der Waals surface area contributed by atoms with Gasteiger partial charge in [0.2, 0.25) is 0 Å². The topological polar surface area (TPSA) is 45.2 Å². The Hall–Kier alpha value is -0.930. The summed E-state index contributed by atoms with van der Waals surface area (Å²) in [5.41, 5.74) is 0.692. The fourth-order valence-corrected chi connectivity index (χ4v) is 3.25. The molecule has 16 heavy (non-hydrogen) atoms. The van der Waals surface area contributed by atoms with Crippen LogP contribution in [0.2, 0.25) is 0 Å². The molecule has 86 valence electrons. The van der Waals surface area contributed by atoms with Crippen molar-refractivity contribution < 1.29 is 5.11 Å². The molecule has 2 fully saturated rings. The molecule has 2 unspecified atom stereocenters. The molecule has 1 aromatic heterocycles. The normalized spacial score (nSPS) is 37.6. The van der Waals surface area contributed by atoms with Crippen LogP contribution in [0, 0.1) is 0 Å². The molecule has 0 radical (unpaired) electrons. The van der Waals surface area contributed by atoms with Gasteiger partial charge in [-0.3, -0.25) is 4.98 Å². The van der Waals surface area contributed by atoms with Crippen LogP contribution in [-0.2, 0) is 6.42 Å². The molecule has 0 aromatic carbocycles. The highest BCUT2D eigenvalue weighted by Crippen LogP contribution is 2.35. The van der Waals surface area contributed by atoms with Crippen LogP contribution >= 0.6 is 0 Å². The Morgan fingerprint density at radius 1 is 1.25 bits per heavy atom. The molecule has 0 spiro atoms. The average Bonchev–Trinajstić information content (AvgIpc) is 2.59. The van der Waals surface area contributed by atoms with Crippen molar-refractivity contribution in [3.63, 3.8) is 0 Å². The van der Waals surface area contributed by atoms with E-state index in [0.717, 1.165) is 19.3 Å². The first-order valence-corrected chi connectivity index (χ1v) is 6.11. The molecule has 1 aromatic rings. The van der Waals surface area contributed by atoms with Crippen molar-refractivity contribution in [2.75, 3.05) is 0 Å². The summed E-state index contributed by atoms with van der Waals surface area (Å²) < 4.78 is 0. The molecule has 2 saturated heterocycles. The molecule has 0 aliphatic carbocycles. The van der Waals surface area contributed by atoms with E-state index >= 15 is 0 Å². The van der Waals surface area contributed by atoms with Crippen LogP contribution in [0.25, 0.3) is 0 Å². The van der Waals surface area contributed by atoms with E-state index < -0.39 is 5.60 Å². The van der Waals surface area contributed by atoms with E-state index in [9.17, 15) is 5.11 Å². The zero-order valence-corrected chi connectivity index (χ0v) is 9.39. The van der Waals surface area contributed by atoms with Crippen molar-refractivity contribution in [1.82, 2.24) is 10.3 Å². The first kappa shape index (κ1) is 10.2. The van der Waals surface area contributed by atoms with Gasteiger partial charge >= 0.3 is 0 Å². The van der Waals surface area contributed by atoms with E-state index in [1.54, 1.807) is 12.4 Å². The van der Waals surface area contributed by atoms with Crippen molar-refractivity contribution in [3.05, 3.63) is 30.1 Å². The van der Waals surface area contributed by atoms with Crippen LogP contribution in [0.15, 0.2) is 24.5 Å². The van der Waals surface area contributed by atoms with Gasteiger partial charge in [-0.1, -0.05) is 0 Å². The van der Waals surface area contributed by atoms with Gasteiger partial charge < -0.3 is 10.4 Å². The molecule has 3 heteroatoms. The number of nitrogens with zero attached hydrogens (tertiary/aromatic N) is 1. The lowest BCUT2D eigenvalue weighted by Gasteiger charge is -2.37. The van der Waals surface area contributed by atoms with Gasteiger partial charge in [0.25, 0.3) is 0 Å². The van der Waals surface area contributed by atoms with E-state index in [2.05, 4.69) is 10.3 Å². The van der Waals surface area contributed by atoms with E-state index in [4.69, 9.17) is 0 Å². The van der Waals surface area contributed by atoms with Crippen LogP contribution in [0.3, 0.4) is 0 Å². The Kier molecular flexibility index (Phi) is 2.45. The molecule has 2 N–H and O–H groups in total. The minimum Gasteiger partial charge on any atom is -0.389 e. The van der Waals surface area contributed by atoms with Gasteiger partial charge in [0.15, 0.2) is 0 Å². The van der Waals surface area contributed by atoms with Gasteiger partial charge in [-0.2, -0.15) is 0 Å². The van der Waals surface area contributed by atoms with Crippen LogP contribution in [0.1, 0.15) is 31.2 Å². The largest absolute Gasteiger partial charge is 0.389 e. The van der Waals surface area contributed by atoms with Crippen LogP contribution in [0.5, 0.6) is 0 Å². The zero-order chi connectivity index (χ0) is 11.0. The van der Waals surface area contributed by atoms with Crippen LogP contribution < -0.4 is 5.32 Å². The standard InChI is InChI=1S/C13H18N2O/c16-13(7-10-3-5-14-6-4-10)8-11-1-2-12(9-13)15-11/h3-6,11-12,15-16H,1-2,7-9H2. The van der Waals surface area contributed by atoms with E-state index in [-0.39, 0.29) is 0 Å². The van der Waals surface area contributed by atoms with Crippen molar-refractivity contribution in [1.29, 1.82) is 0 Å². The first-order chi connectivity index (χ1) is 7.73. The van der Waals surface area contributed by atoms with Crippen LogP contribution in [-0.4, -0.2) is 27.8 Å². The Balaban J connectivity index is 1.74. The van der Waals surface area contributed by atoms with Crippen molar-refractivity contribution in [2.24, 2.45) is 0 Å². The van der Waals surface area contributed by atoms with Gasteiger partial charge in [0.05, 0.1) is 5.60 Å². The number of rotatable bonds is 2. The molecule has 3 heterocycles. The maximum Gasteiger partial charge on any atom is 0.0717 e. The summed E-state index contributed by atoms with van der Waals surface area (Å²) >= 11 is 0. The molecule has 2 atom stereocenters.